The number of amides is 1. The molecule has 0 spiro atoms. The molecule has 0 aliphatic carbocycles. The fourth-order valence-corrected chi connectivity index (χ4v) is 5.11. The predicted octanol–water partition coefficient (Wildman–Crippen LogP) is 4.18. The number of para-hydroxylation sites is 1. The first-order valence-electron chi connectivity index (χ1n) is 10.5. The first-order chi connectivity index (χ1) is 14.4. The summed E-state index contributed by atoms with van der Waals surface area (Å²) in [6, 6.07) is 7.00. The lowest BCUT2D eigenvalue weighted by Gasteiger charge is -2.22. The first-order valence-corrected chi connectivity index (χ1v) is 11.3. The summed E-state index contributed by atoms with van der Waals surface area (Å²) < 4.78 is 1.60. The van der Waals surface area contributed by atoms with Crippen LogP contribution >= 0.6 is 11.3 Å². The molecule has 1 aromatic carbocycles. The minimum atomic E-state index is -0.661. The molecular formula is C23H28N4O2S. The Morgan fingerprint density at radius 1 is 1.20 bits per heavy atom. The molecule has 1 N–H and O–H groups in total. The highest BCUT2D eigenvalue weighted by Gasteiger charge is 2.26. The van der Waals surface area contributed by atoms with Crippen molar-refractivity contribution in [3.8, 4) is 0 Å². The second-order valence-corrected chi connectivity index (χ2v) is 9.33. The fourth-order valence-electron chi connectivity index (χ4n) is 4.07. The van der Waals surface area contributed by atoms with E-state index >= 15 is 0 Å². The Labute approximate surface area is 180 Å². The van der Waals surface area contributed by atoms with Gasteiger partial charge in [-0.3, -0.25) is 19.1 Å². The molecule has 1 amide bonds. The predicted molar refractivity (Wildman–Crippen MR) is 122 cm³/mol. The van der Waals surface area contributed by atoms with Gasteiger partial charge in [-0.25, -0.2) is 4.98 Å². The van der Waals surface area contributed by atoms with E-state index in [0.717, 1.165) is 52.5 Å². The van der Waals surface area contributed by atoms with Gasteiger partial charge in [0.1, 0.15) is 16.7 Å². The van der Waals surface area contributed by atoms with Gasteiger partial charge < -0.3 is 5.32 Å². The van der Waals surface area contributed by atoms with Crippen molar-refractivity contribution in [2.75, 3.05) is 18.4 Å². The molecule has 1 aliphatic heterocycles. The van der Waals surface area contributed by atoms with Gasteiger partial charge in [0, 0.05) is 10.6 Å². The molecule has 1 aliphatic rings. The molecule has 1 atom stereocenters. The zero-order valence-electron chi connectivity index (χ0n) is 18.0. The summed E-state index contributed by atoms with van der Waals surface area (Å²) >= 11 is 1.55. The first kappa shape index (κ1) is 20.8. The highest BCUT2D eigenvalue weighted by molar-refractivity contribution is 7.18. The zero-order valence-corrected chi connectivity index (χ0v) is 18.8. The lowest BCUT2D eigenvalue weighted by Crippen LogP contribution is -2.36. The quantitative estimate of drug-likeness (QED) is 0.667. The van der Waals surface area contributed by atoms with E-state index in [1.54, 1.807) is 22.8 Å². The standard InChI is InChI=1S/C23H28N4O2S/c1-14-9-5-6-10-18(14)24-21(28)16(3)27-19(13-26-11-7-8-12-26)25-22-20(23(27)29)15(2)17(4)30-22/h5-6,9-10,16H,7-8,11-13H2,1-4H3,(H,24,28). The van der Waals surface area contributed by atoms with Crippen LogP contribution in [0.4, 0.5) is 5.69 Å². The van der Waals surface area contributed by atoms with Gasteiger partial charge >= 0.3 is 0 Å². The van der Waals surface area contributed by atoms with Crippen molar-refractivity contribution in [3.63, 3.8) is 0 Å². The topological polar surface area (TPSA) is 67.2 Å². The average Bonchev–Trinajstić information content (AvgIpc) is 3.31. The number of carbonyl (C=O) groups excluding carboxylic acids is 1. The molecular weight excluding hydrogens is 396 g/mol. The Balaban J connectivity index is 1.77. The number of hydrogen-bond acceptors (Lipinski definition) is 5. The molecule has 1 unspecified atom stereocenters. The Kier molecular flexibility index (Phi) is 5.75. The number of carbonyl (C=O) groups is 1. The minimum Gasteiger partial charge on any atom is -0.324 e. The van der Waals surface area contributed by atoms with Crippen LogP contribution in [0.5, 0.6) is 0 Å². The molecule has 1 fully saturated rings. The maximum Gasteiger partial charge on any atom is 0.263 e. The number of fused-ring (bicyclic) bond motifs is 1. The smallest absolute Gasteiger partial charge is 0.263 e. The number of aryl methyl sites for hydroxylation is 3. The van der Waals surface area contributed by atoms with Crippen molar-refractivity contribution in [3.05, 3.63) is 56.4 Å². The highest BCUT2D eigenvalue weighted by atomic mass is 32.1. The second-order valence-electron chi connectivity index (χ2n) is 8.13. The maximum atomic E-state index is 13.6. The number of nitrogens with one attached hydrogen (secondary N) is 1. The van der Waals surface area contributed by atoms with Crippen molar-refractivity contribution in [1.82, 2.24) is 14.5 Å². The Bertz CT molecular complexity index is 1160. The zero-order chi connectivity index (χ0) is 21.4. The normalized spacial score (nSPS) is 15.6. The summed E-state index contributed by atoms with van der Waals surface area (Å²) in [6.07, 6.45) is 2.32. The van der Waals surface area contributed by atoms with E-state index in [-0.39, 0.29) is 11.5 Å². The Morgan fingerprint density at radius 3 is 2.60 bits per heavy atom. The van der Waals surface area contributed by atoms with E-state index in [9.17, 15) is 9.59 Å². The molecule has 4 rings (SSSR count). The van der Waals surface area contributed by atoms with Crippen molar-refractivity contribution >= 4 is 33.1 Å². The third-order valence-electron chi connectivity index (χ3n) is 6.04. The largest absolute Gasteiger partial charge is 0.324 e. The molecule has 0 bridgehead atoms. The van der Waals surface area contributed by atoms with Gasteiger partial charge in [0.15, 0.2) is 0 Å². The molecule has 0 radical (unpaired) electrons. The van der Waals surface area contributed by atoms with Crippen molar-refractivity contribution in [2.24, 2.45) is 0 Å². The molecule has 1 saturated heterocycles. The van der Waals surface area contributed by atoms with Gasteiger partial charge in [-0.2, -0.15) is 0 Å². The molecule has 3 heterocycles. The monoisotopic (exact) mass is 424 g/mol. The fraction of sp³-hybridized carbons (Fsp3) is 0.435. The number of thiophene rings is 1. The van der Waals surface area contributed by atoms with Crippen molar-refractivity contribution in [2.45, 2.75) is 53.1 Å². The highest BCUT2D eigenvalue weighted by Crippen LogP contribution is 2.28. The average molecular weight is 425 g/mol. The molecule has 6 nitrogen and oxygen atoms in total. The molecule has 3 aromatic rings. The lowest BCUT2D eigenvalue weighted by molar-refractivity contribution is -0.119. The van der Waals surface area contributed by atoms with Crippen LogP contribution in [0.1, 0.15) is 47.6 Å². The number of hydrogen-bond donors (Lipinski definition) is 1. The molecule has 158 valence electrons. The number of likely N-dealkylation sites (tertiary alicyclic amines) is 1. The summed E-state index contributed by atoms with van der Waals surface area (Å²) in [6.45, 7) is 10.3. The van der Waals surface area contributed by atoms with Crippen LogP contribution in [0.15, 0.2) is 29.1 Å². The number of nitrogens with zero attached hydrogens (tertiary/aromatic N) is 3. The summed E-state index contributed by atoms with van der Waals surface area (Å²) in [5.74, 6) is 0.461. The minimum absolute atomic E-state index is 0.122. The third-order valence-corrected chi connectivity index (χ3v) is 7.14. The summed E-state index contributed by atoms with van der Waals surface area (Å²) in [4.78, 5) is 35.7. The van der Waals surface area contributed by atoms with Crippen LogP contribution in [-0.4, -0.2) is 33.4 Å². The van der Waals surface area contributed by atoms with Crippen molar-refractivity contribution in [1.29, 1.82) is 0 Å². The molecule has 2 aromatic heterocycles. The number of benzene rings is 1. The number of aromatic nitrogens is 2. The second kappa shape index (κ2) is 8.32. The van der Waals surface area contributed by atoms with Gasteiger partial charge in [-0.05, 0) is 70.8 Å². The third kappa shape index (κ3) is 3.79. The number of anilines is 1. The van der Waals surface area contributed by atoms with Gasteiger partial charge in [0.05, 0.1) is 11.9 Å². The lowest BCUT2D eigenvalue weighted by atomic mass is 10.2. The summed E-state index contributed by atoms with van der Waals surface area (Å²) in [5, 5.41) is 3.62. The number of rotatable bonds is 5. The van der Waals surface area contributed by atoms with Crippen LogP contribution in [0.3, 0.4) is 0 Å². The van der Waals surface area contributed by atoms with E-state index < -0.39 is 6.04 Å². The van der Waals surface area contributed by atoms with E-state index in [2.05, 4.69) is 10.2 Å². The maximum absolute atomic E-state index is 13.6. The van der Waals surface area contributed by atoms with Crippen LogP contribution in [0, 0.1) is 20.8 Å². The van der Waals surface area contributed by atoms with E-state index in [1.165, 1.54) is 0 Å². The van der Waals surface area contributed by atoms with Gasteiger partial charge in [-0.1, -0.05) is 18.2 Å². The van der Waals surface area contributed by atoms with Gasteiger partial charge in [0.2, 0.25) is 5.91 Å². The van der Waals surface area contributed by atoms with Crippen LogP contribution in [0.2, 0.25) is 0 Å². The van der Waals surface area contributed by atoms with Crippen LogP contribution in [-0.2, 0) is 11.3 Å². The molecule has 7 heteroatoms. The van der Waals surface area contributed by atoms with Crippen LogP contribution in [0.25, 0.3) is 10.2 Å². The van der Waals surface area contributed by atoms with E-state index in [4.69, 9.17) is 4.98 Å². The Hall–Kier alpha value is -2.51. The summed E-state index contributed by atoms with van der Waals surface area (Å²) in [5.41, 5.74) is 2.59. The SMILES string of the molecule is Cc1ccccc1NC(=O)C(C)n1c(CN2CCCC2)nc2sc(C)c(C)c2c1=O. The molecule has 30 heavy (non-hydrogen) atoms. The van der Waals surface area contributed by atoms with E-state index in [1.807, 2.05) is 45.0 Å². The molecule has 0 saturated carbocycles. The van der Waals surface area contributed by atoms with Crippen molar-refractivity contribution < 1.29 is 4.79 Å². The van der Waals surface area contributed by atoms with Crippen LogP contribution < -0.4 is 10.9 Å². The summed E-state index contributed by atoms with van der Waals surface area (Å²) in [7, 11) is 0. The van der Waals surface area contributed by atoms with Gasteiger partial charge in [-0.15, -0.1) is 11.3 Å². The van der Waals surface area contributed by atoms with E-state index in [0.29, 0.717) is 17.8 Å². The Morgan fingerprint density at radius 2 is 1.90 bits per heavy atom. The van der Waals surface area contributed by atoms with Gasteiger partial charge in [0.25, 0.3) is 5.56 Å².